The lowest BCUT2D eigenvalue weighted by molar-refractivity contribution is -0.131. The largest absolute Gasteiger partial charge is 0.489 e. The molecule has 0 aliphatic heterocycles. The summed E-state index contributed by atoms with van der Waals surface area (Å²) in [5.74, 6) is -0.691. The molecule has 0 spiro atoms. The van der Waals surface area contributed by atoms with E-state index in [-0.39, 0.29) is 0 Å². The molecule has 150 valence electrons. The maximum Gasteiger partial charge on any atom is 0.328 e. The molecule has 0 saturated carbocycles. The lowest BCUT2D eigenvalue weighted by atomic mass is 10.0. The van der Waals surface area contributed by atoms with Crippen molar-refractivity contribution in [3.63, 3.8) is 0 Å². The van der Waals surface area contributed by atoms with Crippen LogP contribution in [0.1, 0.15) is 22.4 Å². The first-order valence-corrected chi connectivity index (χ1v) is 9.54. The first kappa shape index (κ1) is 19.5. The summed E-state index contributed by atoms with van der Waals surface area (Å²) in [6.07, 6.45) is 2.95. The fraction of sp³-hybridized carbons (Fsp3) is 0.0800. The number of halogens is 1. The van der Waals surface area contributed by atoms with Gasteiger partial charge >= 0.3 is 5.97 Å². The average molecular weight is 401 g/mol. The number of rotatable bonds is 7. The van der Waals surface area contributed by atoms with Gasteiger partial charge in [0.2, 0.25) is 0 Å². The van der Waals surface area contributed by atoms with Crippen LogP contribution >= 0.6 is 0 Å². The van der Waals surface area contributed by atoms with Crippen LogP contribution in [0.3, 0.4) is 0 Å². The van der Waals surface area contributed by atoms with Crippen LogP contribution in [0.2, 0.25) is 0 Å². The van der Waals surface area contributed by atoms with E-state index in [1.807, 2.05) is 54.6 Å². The van der Waals surface area contributed by atoms with Gasteiger partial charge in [-0.3, -0.25) is 0 Å². The maximum absolute atomic E-state index is 13.6. The lowest BCUT2D eigenvalue weighted by Gasteiger charge is -2.06. The van der Waals surface area contributed by atoms with Crippen molar-refractivity contribution in [3.8, 4) is 5.75 Å². The van der Waals surface area contributed by atoms with E-state index >= 15 is 0 Å². The number of aromatic nitrogens is 1. The van der Waals surface area contributed by atoms with E-state index < -0.39 is 11.8 Å². The van der Waals surface area contributed by atoms with Gasteiger partial charge in [-0.2, -0.15) is 0 Å². The highest BCUT2D eigenvalue weighted by Gasteiger charge is 2.08. The predicted octanol–water partition coefficient (Wildman–Crippen LogP) is 5.57. The third kappa shape index (κ3) is 4.75. The Morgan fingerprint density at radius 1 is 1.03 bits per heavy atom. The maximum atomic E-state index is 13.6. The van der Waals surface area contributed by atoms with Crippen molar-refractivity contribution < 1.29 is 19.0 Å². The van der Waals surface area contributed by atoms with Crippen LogP contribution in [-0.2, 0) is 17.8 Å². The molecule has 4 aromatic rings. The molecule has 0 aliphatic rings. The zero-order valence-electron chi connectivity index (χ0n) is 16.1. The SMILES string of the molecule is O=C(O)/C=C/c1cc(F)ccc1Cc1cc2cc(OCc3ccccc3)ccc2[nH]1. The minimum absolute atomic E-state index is 0.402. The molecule has 0 amide bonds. The van der Waals surface area contributed by atoms with Crippen molar-refractivity contribution in [2.75, 3.05) is 0 Å². The highest BCUT2D eigenvalue weighted by molar-refractivity contribution is 5.85. The summed E-state index contributed by atoms with van der Waals surface area (Å²) in [5.41, 5.74) is 4.40. The molecule has 0 bridgehead atoms. The Morgan fingerprint density at radius 2 is 1.87 bits per heavy atom. The van der Waals surface area contributed by atoms with Crippen LogP contribution in [0.15, 0.2) is 78.9 Å². The molecule has 1 aromatic heterocycles. The quantitative estimate of drug-likeness (QED) is 0.398. The van der Waals surface area contributed by atoms with Crippen molar-refractivity contribution in [1.82, 2.24) is 4.98 Å². The summed E-state index contributed by atoms with van der Waals surface area (Å²) in [7, 11) is 0. The number of carboxylic acid groups (broad SMARTS) is 1. The minimum atomic E-state index is -1.07. The highest BCUT2D eigenvalue weighted by atomic mass is 19.1. The number of fused-ring (bicyclic) bond motifs is 1. The number of hydrogen-bond donors (Lipinski definition) is 2. The Kier molecular flexibility index (Phi) is 5.61. The van der Waals surface area contributed by atoms with Gasteiger partial charge in [-0.15, -0.1) is 0 Å². The summed E-state index contributed by atoms with van der Waals surface area (Å²) in [6, 6.07) is 22.3. The third-order valence-electron chi connectivity index (χ3n) is 4.79. The van der Waals surface area contributed by atoms with E-state index in [9.17, 15) is 9.18 Å². The lowest BCUT2D eigenvalue weighted by Crippen LogP contribution is -1.94. The number of nitrogens with one attached hydrogen (secondary N) is 1. The first-order valence-electron chi connectivity index (χ1n) is 9.54. The zero-order valence-corrected chi connectivity index (χ0v) is 16.1. The van der Waals surface area contributed by atoms with Gasteiger partial charge in [0.05, 0.1) is 0 Å². The number of carboxylic acids is 1. The van der Waals surface area contributed by atoms with Crippen molar-refractivity contribution in [1.29, 1.82) is 0 Å². The molecule has 0 aliphatic carbocycles. The Balaban J connectivity index is 1.54. The smallest absolute Gasteiger partial charge is 0.328 e. The molecular formula is C25H20FNO3. The molecule has 1 heterocycles. The highest BCUT2D eigenvalue weighted by Crippen LogP contribution is 2.25. The van der Waals surface area contributed by atoms with Gasteiger partial charge in [0.25, 0.3) is 0 Å². The number of H-pyrrole nitrogens is 1. The average Bonchev–Trinajstić information content (AvgIpc) is 3.14. The van der Waals surface area contributed by atoms with E-state index in [1.165, 1.54) is 18.2 Å². The van der Waals surface area contributed by atoms with Crippen LogP contribution in [0.5, 0.6) is 5.75 Å². The molecule has 5 heteroatoms. The molecule has 0 saturated heterocycles. The molecular weight excluding hydrogens is 381 g/mol. The molecule has 0 radical (unpaired) electrons. The minimum Gasteiger partial charge on any atom is -0.489 e. The topological polar surface area (TPSA) is 62.3 Å². The van der Waals surface area contributed by atoms with E-state index in [0.29, 0.717) is 18.6 Å². The second-order valence-corrected chi connectivity index (χ2v) is 7.01. The molecule has 4 rings (SSSR count). The standard InChI is InChI=1S/C25H20FNO3/c26-21-8-6-19(18(12-21)7-11-25(28)29)13-22-14-20-15-23(9-10-24(20)27-22)30-16-17-4-2-1-3-5-17/h1-12,14-15,27H,13,16H2,(H,28,29)/b11-7+. The van der Waals surface area contributed by atoms with Crippen LogP contribution in [0.4, 0.5) is 4.39 Å². The van der Waals surface area contributed by atoms with Crippen molar-refractivity contribution >= 4 is 22.9 Å². The predicted molar refractivity (Wildman–Crippen MR) is 115 cm³/mol. The summed E-state index contributed by atoms with van der Waals surface area (Å²) in [4.78, 5) is 14.2. The fourth-order valence-corrected chi connectivity index (χ4v) is 3.34. The number of benzene rings is 3. The van der Waals surface area contributed by atoms with Gasteiger partial charge in [-0.05, 0) is 59.2 Å². The monoisotopic (exact) mass is 401 g/mol. The molecule has 30 heavy (non-hydrogen) atoms. The molecule has 0 atom stereocenters. The Hall–Kier alpha value is -3.86. The molecule has 2 N–H and O–H groups in total. The van der Waals surface area contributed by atoms with Gasteiger partial charge in [0, 0.05) is 29.1 Å². The third-order valence-corrected chi connectivity index (χ3v) is 4.79. The number of aromatic amines is 1. The summed E-state index contributed by atoms with van der Waals surface area (Å²) in [6.45, 7) is 0.498. The second kappa shape index (κ2) is 8.66. The normalized spacial score (nSPS) is 11.2. The Labute approximate surface area is 173 Å². The number of hydrogen-bond acceptors (Lipinski definition) is 2. The number of carbonyl (C=O) groups is 1. The van der Waals surface area contributed by atoms with Crippen LogP contribution < -0.4 is 4.74 Å². The van der Waals surface area contributed by atoms with E-state index in [2.05, 4.69) is 4.98 Å². The number of aliphatic carboxylic acids is 1. The van der Waals surface area contributed by atoms with Gasteiger partial charge in [-0.25, -0.2) is 9.18 Å². The summed E-state index contributed by atoms with van der Waals surface area (Å²) >= 11 is 0. The van der Waals surface area contributed by atoms with Crippen molar-refractivity contribution in [2.45, 2.75) is 13.0 Å². The van der Waals surface area contributed by atoms with Gasteiger partial charge in [0.15, 0.2) is 0 Å². The van der Waals surface area contributed by atoms with Crippen LogP contribution in [-0.4, -0.2) is 16.1 Å². The molecule has 3 aromatic carbocycles. The molecule has 0 unspecified atom stereocenters. The van der Waals surface area contributed by atoms with Gasteiger partial charge in [0.1, 0.15) is 18.2 Å². The van der Waals surface area contributed by atoms with Crippen LogP contribution in [0.25, 0.3) is 17.0 Å². The van der Waals surface area contributed by atoms with Crippen LogP contribution in [0, 0.1) is 5.82 Å². The zero-order chi connectivity index (χ0) is 20.9. The van der Waals surface area contributed by atoms with Crippen molar-refractivity contribution in [2.24, 2.45) is 0 Å². The van der Waals surface area contributed by atoms with E-state index in [1.54, 1.807) is 6.07 Å². The summed E-state index contributed by atoms with van der Waals surface area (Å²) in [5, 5.41) is 9.88. The molecule has 0 fully saturated rings. The second-order valence-electron chi connectivity index (χ2n) is 7.01. The number of ether oxygens (including phenoxy) is 1. The fourth-order valence-electron chi connectivity index (χ4n) is 3.34. The van der Waals surface area contributed by atoms with Gasteiger partial charge < -0.3 is 14.8 Å². The van der Waals surface area contributed by atoms with Gasteiger partial charge in [-0.1, -0.05) is 36.4 Å². The summed E-state index contributed by atoms with van der Waals surface area (Å²) < 4.78 is 19.5. The first-order chi connectivity index (χ1) is 14.6. The Bertz CT molecular complexity index is 1210. The molecule has 4 nitrogen and oxygen atoms in total. The van der Waals surface area contributed by atoms with E-state index in [0.717, 1.165) is 39.5 Å². The van der Waals surface area contributed by atoms with Crippen molar-refractivity contribution in [3.05, 3.63) is 107 Å². The van der Waals surface area contributed by atoms with E-state index in [4.69, 9.17) is 9.84 Å². The Morgan fingerprint density at radius 3 is 2.67 bits per heavy atom.